The molecule has 0 radical (unpaired) electrons. The van der Waals surface area contributed by atoms with E-state index >= 15 is 0 Å². The number of anilines is 1. The predicted molar refractivity (Wildman–Crippen MR) is 108 cm³/mol. The van der Waals surface area contributed by atoms with Gasteiger partial charge in [-0.2, -0.15) is 0 Å². The molecule has 3 aromatic carbocycles. The van der Waals surface area contributed by atoms with E-state index < -0.39 is 5.41 Å². The number of nitrogens with one attached hydrogen (secondary N) is 2. The van der Waals surface area contributed by atoms with Gasteiger partial charge in [0.1, 0.15) is 5.41 Å². The van der Waals surface area contributed by atoms with Crippen molar-refractivity contribution in [3.63, 3.8) is 0 Å². The summed E-state index contributed by atoms with van der Waals surface area (Å²) in [5.41, 5.74) is 1.53. The zero-order valence-corrected chi connectivity index (χ0v) is 15.6. The van der Waals surface area contributed by atoms with Gasteiger partial charge in [-0.25, -0.2) is 0 Å². The lowest BCUT2D eigenvalue weighted by atomic mass is 9.70. The van der Waals surface area contributed by atoms with Gasteiger partial charge < -0.3 is 10.6 Å². The molecule has 0 aromatic heterocycles. The lowest BCUT2D eigenvalue weighted by Crippen LogP contribution is -2.37. The quantitative estimate of drug-likeness (QED) is 0.712. The molecule has 0 bridgehead atoms. The molecule has 0 spiro atoms. The summed E-state index contributed by atoms with van der Waals surface area (Å²) in [5.74, 6) is -0.218. The first-order valence-corrected chi connectivity index (χ1v) is 9.24. The SMILES string of the molecule is CNC(=O)CC[C@@]1(c2cccc3ccccc23)C(=O)Nc2cc(Cl)ccc21. The molecule has 2 N–H and O–H groups in total. The average Bonchev–Trinajstić information content (AvgIpc) is 2.96. The van der Waals surface area contributed by atoms with Crippen molar-refractivity contribution in [1.29, 1.82) is 0 Å². The van der Waals surface area contributed by atoms with Gasteiger partial charge in [-0.1, -0.05) is 60.1 Å². The van der Waals surface area contributed by atoms with E-state index in [4.69, 9.17) is 11.6 Å². The molecule has 1 aliphatic rings. The van der Waals surface area contributed by atoms with Gasteiger partial charge in [0.15, 0.2) is 0 Å². The minimum absolute atomic E-state index is 0.0928. The van der Waals surface area contributed by atoms with Crippen LogP contribution in [-0.4, -0.2) is 18.9 Å². The van der Waals surface area contributed by atoms with E-state index in [0.29, 0.717) is 17.1 Å². The van der Waals surface area contributed by atoms with Crippen LogP contribution in [-0.2, 0) is 15.0 Å². The van der Waals surface area contributed by atoms with Crippen LogP contribution < -0.4 is 10.6 Å². The van der Waals surface area contributed by atoms with Gasteiger partial charge in [-0.3, -0.25) is 9.59 Å². The molecule has 4 rings (SSSR count). The molecule has 27 heavy (non-hydrogen) atoms. The van der Waals surface area contributed by atoms with E-state index in [-0.39, 0.29) is 18.2 Å². The van der Waals surface area contributed by atoms with Gasteiger partial charge in [0.25, 0.3) is 0 Å². The van der Waals surface area contributed by atoms with Crippen molar-refractivity contribution >= 4 is 39.9 Å². The van der Waals surface area contributed by atoms with Crippen molar-refractivity contribution < 1.29 is 9.59 Å². The lowest BCUT2D eigenvalue weighted by molar-refractivity contribution is -0.122. The minimum atomic E-state index is -0.937. The molecule has 1 atom stereocenters. The second-order valence-electron chi connectivity index (χ2n) is 6.75. The fourth-order valence-electron chi connectivity index (χ4n) is 4.02. The molecule has 5 heteroatoms. The number of hydrogen-bond acceptors (Lipinski definition) is 2. The van der Waals surface area contributed by atoms with Crippen LogP contribution in [0.3, 0.4) is 0 Å². The molecule has 1 heterocycles. The Morgan fingerprint density at radius 3 is 2.67 bits per heavy atom. The Morgan fingerprint density at radius 2 is 1.85 bits per heavy atom. The maximum atomic E-state index is 13.3. The van der Waals surface area contributed by atoms with Crippen LogP contribution in [0.15, 0.2) is 60.7 Å². The first-order valence-electron chi connectivity index (χ1n) is 8.86. The number of carbonyl (C=O) groups excluding carboxylic acids is 2. The molecular formula is C22H19ClN2O2. The number of halogens is 1. The standard InChI is InChI=1S/C22H19ClN2O2/c1-24-20(26)11-12-22(17-8-4-6-14-5-2-3-7-16(14)17)18-10-9-15(23)13-19(18)25-21(22)27/h2-10,13H,11-12H2,1H3,(H,24,26)(H,25,27)/t22-/m0/s1. The zero-order valence-electron chi connectivity index (χ0n) is 14.9. The highest BCUT2D eigenvalue weighted by atomic mass is 35.5. The highest BCUT2D eigenvalue weighted by Gasteiger charge is 2.48. The smallest absolute Gasteiger partial charge is 0.239 e. The molecular weight excluding hydrogens is 360 g/mol. The van der Waals surface area contributed by atoms with Crippen LogP contribution in [0, 0.1) is 0 Å². The number of fused-ring (bicyclic) bond motifs is 2. The van der Waals surface area contributed by atoms with Crippen LogP contribution in [0.2, 0.25) is 5.02 Å². The maximum absolute atomic E-state index is 13.3. The molecule has 136 valence electrons. The predicted octanol–water partition coefficient (Wildman–Crippen LogP) is 4.26. The van der Waals surface area contributed by atoms with Crippen molar-refractivity contribution in [3.05, 3.63) is 76.8 Å². The molecule has 0 saturated heterocycles. The summed E-state index contributed by atoms with van der Waals surface area (Å²) in [4.78, 5) is 25.3. The minimum Gasteiger partial charge on any atom is -0.359 e. The van der Waals surface area contributed by atoms with Gasteiger partial charge in [0.2, 0.25) is 11.8 Å². The third-order valence-corrected chi connectivity index (χ3v) is 5.57. The molecule has 0 unspecified atom stereocenters. The molecule has 0 fully saturated rings. The largest absolute Gasteiger partial charge is 0.359 e. The number of benzene rings is 3. The Labute approximate surface area is 162 Å². The van der Waals surface area contributed by atoms with Crippen LogP contribution >= 0.6 is 11.6 Å². The topological polar surface area (TPSA) is 58.2 Å². The Bertz CT molecular complexity index is 1060. The summed E-state index contributed by atoms with van der Waals surface area (Å²) in [7, 11) is 1.61. The van der Waals surface area contributed by atoms with Crippen LogP contribution in [0.25, 0.3) is 10.8 Å². The van der Waals surface area contributed by atoms with E-state index in [0.717, 1.165) is 21.9 Å². The van der Waals surface area contributed by atoms with Crippen LogP contribution in [0.1, 0.15) is 24.0 Å². The molecule has 0 aliphatic carbocycles. The van der Waals surface area contributed by atoms with Gasteiger partial charge in [-0.15, -0.1) is 0 Å². The van der Waals surface area contributed by atoms with E-state index in [2.05, 4.69) is 10.6 Å². The van der Waals surface area contributed by atoms with Crippen molar-refractivity contribution in [1.82, 2.24) is 5.32 Å². The van der Waals surface area contributed by atoms with Crippen molar-refractivity contribution in [2.45, 2.75) is 18.3 Å². The molecule has 4 nitrogen and oxygen atoms in total. The number of carbonyl (C=O) groups is 2. The van der Waals surface area contributed by atoms with E-state index in [1.54, 1.807) is 19.2 Å². The zero-order chi connectivity index (χ0) is 19.0. The third kappa shape index (κ3) is 2.77. The Hall–Kier alpha value is -2.85. The second kappa shape index (κ2) is 6.71. The maximum Gasteiger partial charge on any atom is 0.239 e. The summed E-state index contributed by atoms with van der Waals surface area (Å²) in [6.07, 6.45) is 0.621. The monoisotopic (exact) mass is 378 g/mol. The third-order valence-electron chi connectivity index (χ3n) is 5.33. The fraction of sp³-hybridized carbons (Fsp3) is 0.182. The van der Waals surface area contributed by atoms with Gasteiger partial charge in [0.05, 0.1) is 0 Å². The van der Waals surface area contributed by atoms with Gasteiger partial charge in [0, 0.05) is 24.2 Å². The Balaban J connectivity index is 1.98. The normalized spacial score (nSPS) is 18.2. The van der Waals surface area contributed by atoms with Crippen molar-refractivity contribution in [2.24, 2.45) is 0 Å². The van der Waals surface area contributed by atoms with E-state index in [1.807, 2.05) is 48.5 Å². The van der Waals surface area contributed by atoms with Crippen molar-refractivity contribution in [2.75, 3.05) is 12.4 Å². The second-order valence-corrected chi connectivity index (χ2v) is 7.19. The van der Waals surface area contributed by atoms with Crippen LogP contribution in [0.4, 0.5) is 5.69 Å². The first kappa shape index (κ1) is 17.6. The molecule has 2 amide bonds. The van der Waals surface area contributed by atoms with Crippen molar-refractivity contribution in [3.8, 4) is 0 Å². The summed E-state index contributed by atoms with van der Waals surface area (Å²) >= 11 is 6.14. The number of rotatable bonds is 4. The van der Waals surface area contributed by atoms with Crippen LogP contribution in [0.5, 0.6) is 0 Å². The lowest BCUT2D eigenvalue weighted by Gasteiger charge is -2.29. The molecule has 1 aliphatic heterocycles. The Morgan fingerprint density at radius 1 is 1.07 bits per heavy atom. The first-order chi connectivity index (χ1) is 13.1. The van der Waals surface area contributed by atoms with Gasteiger partial charge in [-0.05, 0) is 40.5 Å². The summed E-state index contributed by atoms with van der Waals surface area (Å²) in [6.45, 7) is 0. The summed E-state index contributed by atoms with van der Waals surface area (Å²) in [6, 6.07) is 19.4. The van der Waals surface area contributed by atoms with Gasteiger partial charge >= 0.3 is 0 Å². The number of amides is 2. The molecule has 3 aromatic rings. The Kier molecular flexibility index (Phi) is 4.36. The molecule has 0 saturated carbocycles. The number of hydrogen-bond donors (Lipinski definition) is 2. The van der Waals surface area contributed by atoms with E-state index in [9.17, 15) is 9.59 Å². The highest BCUT2D eigenvalue weighted by molar-refractivity contribution is 6.31. The fourth-order valence-corrected chi connectivity index (χ4v) is 4.19. The average molecular weight is 379 g/mol. The van der Waals surface area contributed by atoms with E-state index in [1.165, 1.54) is 0 Å². The highest BCUT2D eigenvalue weighted by Crippen LogP contribution is 2.48. The summed E-state index contributed by atoms with van der Waals surface area (Å²) in [5, 5.41) is 8.26. The summed E-state index contributed by atoms with van der Waals surface area (Å²) < 4.78 is 0.